The molecule has 0 radical (unpaired) electrons. The first-order valence-electron chi connectivity index (χ1n) is 9.59. The Morgan fingerprint density at radius 2 is 1.70 bits per heavy atom. The van der Waals surface area contributed by atoms with E-state index < -0.39 is 22.7 Å². The largest absolute Gasteiger partial charge is 0.444 e. The van der Waals surface area contributed by atoms with Crippen LogP contribution in [0.5, 0.6) is 0 Å². The van der Waals surface area contributed by atoms with Gasteiger partial charge in [0.15, 0.2) is 0 Å². The summed E-state index contributed by atoms with van der Waals surface area (Å²) >= 11 is 0. The molecule has 2 aliphatic rings. The third kappa shape index (κ3) is 5.74. The number of hydrogen-bond donors (Lipinski definition) is 2. The Morgan fingerprint density at radius 1 is 1.11 bits per heavy atom. The number of carbonyl (C=O) groups excluding carboxylic acids is 3. The minimum Gasteiger partial charge on any atom is -0.444 e. The number of rotatable bonds is 3. The van der Waals surface area contributed by atoms with Crippen LogP contribution in [0.3, 0.4) is 0 Å². The fourth-order valence-electron chi connectivity index (χ4n) is 3.47. The summed E-state index contributed by atoms with van der Waals surface area (Å²) in [5.74, 6) is -0.300. The van der Waals surface area contributed by atoms with Gasteiger partial charge in [0, 0.05) is 18.5 Å². The van der Waals surface area contributed by atoms with Gasteiger partial charge in [-0.1, -0.05) is 6.92 Å². The average molecular weight is 383 g/mol. The van der Waals surface area contributed by atoms with Crippen LogP contribution in [0.25, 0.3) is 0 Å². The number of ether oxygens (including phenoxy) is 2. The molecule has 27 heavy (non-hydrogen) atoms. The van der Waals surface area contributed by atoms with Gasteiger partial charge in [0.05, 0.1) is 6.04 Å². The van der Waals surface area contributed by atoms with Gasteiger partial charge in [-0.2, -0.15) is 0 Å². The van der Waals surface area contributed by atoms with E-state index in [9.17, 15) is 14.4 Å². The van der Waals surface area contributed by atoms with Crippen molar-refractivity contribution in [1.82, 2.24) is 10.2 Å². The first-order chi connectivity index (χ1) is 12.3. The minimum atomic E-state index is -0.595. The van der Waals surface area contributed by atoms with E-state index >= 15 is 0 Å². The maximum atomic E-state index is 12.5. The molecule has 8 nitrogen and oxygen atoms in total. The molecule has 0 aromatic rings. The van der Waals surface area contributed by atoms with Gasteiger partial charge in [0.2, 0.25) is 5.91 Å². The minimum absolute atomic E-state index is 0.148. The van der Waals surface area contributed by atoms with Crippen LogP contribution in [0, 0.1) is 5.41 Å². The molecule has 154 valence electrons. The van der Waals surface area contributed by atoms with Crippen molar-refractivity contribution in [3.63, 3.8) is 0 Å². The van der Waals surface area contributed by atoms with Crippen molar-refractivity contribution in [2.75, 3.05) is 13.1 Å². The number of alkyl carbamates (subject to hydrolysis) is 1. The number of likely N-dealkylation sites (tertiary alicyclic amines) is 1. The summed E-state index contributed by atoms with van der Waals surface area (Å²) in [7, 11) is 0. The van der Waals surface area contributed by atoms with Crippen LogP contribution >= 0.6 is 0 Å². The number of nitrogens with zero attached hydrogens (tertiary/aromatic N) is 1. The maximum Gasteiger partial charge on any atom is 0.410 e. The summed E-state index contributed by atoms with van der Waals surface area (Å²) in [4.78, 5) is 37.6. The SMILES string of the molecule is CC(C)(C)OC(=O)N[C@@H]1CCN(C(=O)OC2(C)CCC(C)(C(N)=O)CC2)C1. The first-order valence-corrected chi connectivity index (χ1v) is 9.59. The van der Waals surface area contributed by atoms with E-state index in [1.807, 2.05) is 13.8 Å². The molecule has 1 atom stereocenters. The van der Waals surface area contributed by atoms with Crippen molar-refractivity contribution in [2.45, 2.75) is 84.0 Å². The first kappa shape index (κ1) is 21.3. The molecule has 3 N–H and O–H groups in total. The van der Waals surface area contributed by atoms with Crippen LogP contribution in [0.2, 0.25) is 0 Å². The molecule has 0 spiro atoms. The molecule has 1 saturated carbocycles. The Hall–Kier alpha value is -1.99. The summed E-state index contributed by atoms with van der Waals surface area (Å²) in [6.07, 6.45) is 2.22. The second kappa shape index (κ2) is 7.56. The van der Waals surface area contributed by atoms with Crippen molar-refractivity contribution in [3.05, 3.63) is 0 Å². The van der Waals surface area contributed by atoms with Crippen molar-refractivity contribution >= 4 is 18.1 Å². The topological polar surface area (TPSA) is 111 Å². The van der Waals surface area contributed by atoms with Gasteiger partial charge in [-0.05, 0) is 59.8 Å². The van der Waals surface area contributed by atoms with Gasteiger partial charge in [-0.3, -0.25) is 4.79 Å². The van der Waals surface area contributed by atoms with Crippen molar-refractivity contribution in [3.8, 4) is 0 Å². The zero-order valence-corrected chi connectivity index (χ0v) is 17.1. The maximum absolute atomic E-state index is 12.5. The van der Waals surface area contributed by atoms with Crippen LogP contribution in [-0.4, -0.2) is 53.3 Å². The summed E-state index contributed by atoms with van der Waals surface area (Å²) in [5.41, 5.74) is 3.80. The number of amides is 3. The second-order valence-electron chi connectivity index (χ2n) is 9.32. The monoisotopic (exact) mass is 383 g/mol. The fraction of sp³-hybridized carbons (Fsp3) is 0.842. The quantitative estimate of drug-likeness (QED) is 0.778. The van der Waals surface area contributed by atoms with Gasteiger partial charge in [0.1, 0.15) is 11.2 Å². The van der Waals surface area contributed by atoms with E-state index in [-0.39, 0.29) is 18.0 Å². The molecule has 1 saturated heterocycles. The average Bonchev–Trinajstić information content (AvgIpc) is 2.97. The van der Waals surface area contributed by atoms with Crippen molar-refractivity contribution in [1.29, 1.82) is 0 Å². The lowest BCUT2D eigenvalue weighted by molar-refractivity contribution is -0.131. The summed E-state index contributed by atoms with van der Waals surface area (Å²) in [6, 6.07) is -0.148. The lowest BCUT2D eigenvalue weighted by atomic mass is 9.70. The van der Waals surface area contributed by atoms with Gasteiger partial charge in [-0.25, -0.2) is 9.59 Å². The van der Waals surface area contributed by atoms with E-state index in [0.717, 1.165) is 0 Å². The predicted molar refractivity (Wildman–Crippen MR) is 100 cm³/mol. The molecule has 0 unspecified atom stereocenters. The van der Waals surface area contributed by atoms with E-state index in [1.165, 1.54) is 0 Å². The third-order valence-electron chi connectivity index (χ3n) is 5.51. The summed E-state index contributed by atoms with van der Waals surface area (Å²) in [5, 5.41) is 2.79. The molecule has 0 aromatic heterocycles. The Kier molecular flexibility index (Phi) is 5.97. The van der Waals surface area contributed by atoms with Crippen molar-refractivity contribution < 1.29 is 23.9 Å². The molecule has 0 bridgehead atoms. The Morgan fingerprint density at radius 3 is 2.22 bits per heavy atom. The summed E-state index contributed by atoms with van der Waals surface area (Å²) in [6.45, 7) is 10.1. The fourth-order valence-corrected chi connectivity index (χ4v) is 3.47. The Bertz CT molecular complexity index is 591. The molecular formula is C19H33N3O5. The van der Waals surface area contributed by atoms with E-state index in [1.54, 1.807) is 25.7 Å². The van der Waals surface area contributed by atoms with Crippen LogP contribution in [0.1, 0.15) is 66.7 Å². The zero-order chi connectivity index (χ0) is 20.5. The van der Waals surface area contributed by atoms with Gasteiger partial charge in [-0.15, -0.1) is 0 Å². The molecular weight excluding hydrogens is 350 g/mol. The van der Waals surface area contributed by atoms with E-state index in [4.69, 9.17) is 15.2 Å². The molecule has 3 amide bonds. The van der Waals surface area contributed by atoms with Crippen LogP contribution in [0.15, 0.2) is 0 Å². The van der Waals surface area contributed by atoms with Crippen LogP contribution in [-0.2, 0) is 14.3 Å². The molecule has 1 aliphatic heterocycles. The zero-order valence-electron chi connectivity index (χ0n) is 17.1. The van der Waals surface area contributed by atoms with Gasteiger partial charge >= 0.3 is 12.2 Å². The third-order valence-corrected chi connectivity index (χ3v) is 5.51. The number of hydrogen-bond acceptors (Lipinski definition) is 5. The highest BCUT2D eigenvalue weighted by molar-refractivity contribution is 5.80. The van der Waals surface area contributed by atoms with Gasteiger partial charge < -0.3 is 25.4 Å². The van der Waals surface area contributed by atoms with Crippen LogP contribution in [0.4, 0.5) is 9.59 Å². The Balaban J connectivity index is 1.82. The highest BCUT2D eigenvalue weighted by Gasteiger charge is 2.44. The standard InChI is InChI=1S/C19H33N3O5/c1-17(2,3)26-15(24)21-13-6-11-22(12-13)16(25)27-19(5)9-7-18(4,8-10-19)14(20)23/h13H,6-12H2,1-5H3,(H2,20,23)(H,21,24)/t13-,18?,19?/m1/s1. The predicted octanol–water partition coefficient (Wildman–Crippen LogP) is 2.55. The molecule has 8 heteroatoms. The molecule has 1 heterocycles. The highest BCUT2D eigenvalue weighted by Crippen LogP contribution is 2.42. The smallest absolute Gasteiger partial charge is 0.410 e. The second-order valence-corrected chi connectivity index (χ2v) is 9.32. The van der Waals surface area contributed by atoms with E-state index in [0.29, 0.717) is 45.2 Å². The normalized spacial score (nSPS) is 31.3. The number of primary amides is 1. The number of carbonyl (C=O) groups is 3. The van der Waals surface area contributed by atoms with E-state index in [2.05, 4.69) is 5.32 Å². The van der Waals surface area contributed by atoms with Gasteiger partial charge in [0.25, 0.3) is 0 Å². The molecule has 1 aliphatic carbocycles. The van der Waals surface area contributed by atoms with Crippen LogP contribution < -0.4 is 11.1 Å². The van der Waals surface area contributed by atoms with Crippen molar-refractivity contribution in [2.24, 2.45) is 11.1 Å². The molecule has 2 fully saturated rings. The number of nitrogens with one attached hydrogen (secondary N) is 1. The lowest BCUT2D eigenvalue weighted by Gasteiger charge is -2.41. The summed E-state index contributed by atoms with van der Waals surface area (Å²) < 4.78 is 11.0. The number of nitrogens with two attached hydrogens (primary N) is 1. The lowest BCUT2D eigenvalue weighted by Crippen LogP contribution is -2.47. The Labute approximate surface area is 161 Å². The molecule has 0 aromatic carbocycles. The molecule has 2 rings (SSSR count). The highest BCUT2D eigenvalue weighted by atomic mass is 16.6.